The molecule has 18 heavy (non-hydrogen) atoms. The minimum absolute atomic E-state index is 0.681. The molecular formula is C16H22IN. The van der Waals surface area contributed by atoms with Gasteiger partial charge in [-0.3, -0.25) is 0 Å². The van der Waals surface area contributed by atoms with Gasteiger partial charge in [0.25, 0.3) is 0 Å². The van der Waals surface area contributed by atoms with Crippen LogP contribution in [0.5, 0.6) is 0 Å². The smallest absolute Gasteiger partial charge is 0.0135 e. The Bertz CT molecular complexity index is 400. The van der Waals surface area contributed by atoms with E-state index in [0.29, 0.717) is 6.04 Å². The van der Waals surface area contributed by atoms with E-state index >= 15 is 0 Å². The molecule has 0 aromatic heterocycles. The fourth-order valence-corrected chi connectivity index (χ4v) is 4.49. The zero-order valence-electron chi connectivity index (χ0n) is 11.0. The van der Waals surface area contributed by atoms with Crippen LogP contribution >= 0.6 is 22.6 Å². The van der Waals surface area contributed by atoms with E-state index in [4.69, 9.17) is 0 Å². The Morgan fingerprint density at radius 1 is 1.22 bits per heavy atom. The number of hydrogen-bond acceptors (Lipinski definition) is 1. The molecule has 0 radical (unpaired) electrons. The summed E-state index contributed by atoms with van der Waals surface area (Å²) >= 11 is 2.38. The summed E-state index contributed by atoms with van der Waals surface area (Å²) in [5.74, 6) is 2.98. The van der Waals surface area contributed by atoms with Crippen molar-refractivity contribution in [3.63, 3.8) is 0 Å². The second-order valence-electron chi connectivity index (χ2n) is 6.06. The first-order valence-corrected chi connectivity index (χ1v) is 8.26. The van der Waals surface area contributed by atoms with Gasteiger partial charge in [0.15, 0.2) is 0 Å². The third kappa shape index (κ3) is 2.60. The van der Waals surface area contributed by atoms with Crippen molar-refractivity contribution in [1.82, 2.24) is 5.32 Å². The lowest BCUT2D eigenvalue weighted by Gasteiger charge is -2.30. The summed E-state index contributed by atoms with van der Waals surface area (Å²) in [5.41, 5.74) is 1.48. The first-order chi connectivity index (χ1) is 8.76. The van der Waals surface area contributed by atoms with E-state index < -0.39 is 0 Å². The van der Waals surface area contributed by atoms with Gasteiger partial charge in [-0.25, -0.2) is 0 Å². The normalized spacial score (nSPS) is 31.8. The average molecular weight is 355 g/mol. The number of fused-ring (bicyclic) bond motifs is 2. The summed E-state index contributed by atoms with van der Waals surface area (Å²) in [6, 6.07) is 9.71. The fraction of sp³-hybridized carbons (Fsp3) is 0.625. The first-order valence-electron chi connectivity index (χ1n) is 7.18. The van der Waals surface area contributed by atoms with Crippen molar-refractivity contribution in [3.05, 3.63) is 33.4 Å². The molecule has 0 aliphatic heterocycles. The van der Waals surface area contributed by atoms with Crippen molar-refractivity contribution in [2.45, 2.75) is 38.1 Å². The lowest BCUT2D eigenvalue weighted by molar-refractivity contribution is 0.255. The third-order valence-corrected chi connectivity index (χ3v) is 5.77. The largest absolute Gasteiger partial charge is 0.316 e. The number of nitrogens with one attached hydrogen (secondary N) is 1. The molecule has 2 heteroatoms. The average Bonchev–Trinajstić information content (AvgIpc) is 3.00. The Balaban J connectivity index is 1.67. The van der Waals surface area contributed by atoms with Gasteiger partial charge >= 0.3 is 0 Å². The molecule has 2 saturated carbocycles. The Kier molecular flexibility index (Phi) is 3.94. The summed E-state index contributed by atoms with van der Waals surface area (Å²) in [6.07, 6.45) is 7.17. The molecule has 2 bridgehead atoms. The predicted octanol–water partition coefficient (Wildman–Crippen LogP) is 3.86. The van der Waals surface area contributed by atoms with Crippen LogP contribution in [-0.4, -0.2) is 13.1 Å². The van der Waals surface area contributed by atoms with Crippen molar-refractivity contribution in [2.75, 3.05) is 7.05 Å². The van der Waals surface area contributed by atoms with E-state index in [9.17, 15) is 0 Å². The van der Waals surface area contributed by atoms with Gasteiger partial charge in [-0.1, -0.05) is 18.6 Å². The lowest BCUT2D eigenvalue weighted by Crippen LogP contribution is -2.38. The van der Waals surface area contributed by atoms with E-state index in [1.807, 2.05) is 0 Å². The molecule has 0 saturated heterocycles. The molecule has 4 unspecified atom stereocenters. The lowest BCUT2D eigenvalue weighted by atomic mass is 9.81. The van der Waals surface area contributed by atoms with Gasteiger partial charge < -0.3 is 5.32 Å². The van der Waals surface area contributed by atoms with Gasteiger partial charge in [-0.15, -0.1) is 0 Å². The van der Waals surface area contributed by atoms with Crippen LogP contribution in [-0.2, 0) is 6.42 Å². The molecular weight excluding hydrogens is 333 g/mol. The number of benzene rings is 1. The molecule has 1 aromatic rings. The van der Waals surface area contributed by atoms with E-state index in [2.05, 4.69) is 59.2 Å². The molecule has 3 rings (SSSR count). The molecule has 0 heterocycles. The zero-order valence-corrected chi connectivity index (χ0v) is 13.2. The predicted molar refractivity (Wildman–Crippen MR) is 84.6 cm³/mol. The molecule has 1 nitrogen and oxygen atoms in total. The van der Waals surface area contributed by atoms with Crippen molar-refractivity contribution < 1.29 is 0 Å². The van der Waals surface area contributed by atoms with Crippen LogP contribution in [0.4, 0.5) is 0 Å². The van der Waals surface area contributed by atoms with Crippen LogP contribution in [0, 0.1) is 21.3 Å². The van der Waals surface area contributed by atoms with Crippen LogP contribution in [0.3, 0.4) is 0 Å². The van der Waals surface area contributed by atoms with Crippen molar-refractivity contribution in [1.29, 1.82) is 0 Å². The zero-order chi connectivity index (χ0) is 12.5. The van der Waals surface area contributed by atoms with Crippen LogP contribution in [0.25, 0.3) is 0 Å². The second kappa shape index (κ2) is 5.49. The highest BCUT2D eigenvalue weighted by Gasteiger charge is 2.42. The highest BCUT2D eigenvalue weighted by Crippen LogP contribution is 2.49. The van der Waals surface area contributed by atoms with E-state index in [1.54, 1.807) is 0 Å². The van der Waals surface area contributed by atoms with Crippen molar-refractivity contribution in [3.8, 4) is 0 Å². The molecule has 98 valence electrons. The molecule has 4 atom stereocenters. The monoisotopic (exact) mass is 355 g/mol. The molecule has 1 N–H and O–H groups in total. The standard InChI is InChI=1S/C16H22IN/c1-18-16(10-11-3-6-14(17)7-4-11)15-9-12-2-5-13(15)8-12/h3-4,6-7,12-13,15-16,18H,2,5,8-10H2,1H3. The number of rotatable bonds is 4. The topological polar surface area (TPSA) is 12.0 Å². The Labute approximate surface area is 124 Å². The summed E-state index contributed by atoms with van der Waals surface area (Å²) in [4.78, 5) is 0. The quantitative estimate of drug-likeness (QED) is 0.809. The van der Waals surface area contributed by atoms with Crippen LogP contribution in [0.2, 0.25) is 0 Å². The van der Waals surface area contributed by atoms with Crippen LogP contribution in [0.15, 0.2) is 24.3 Å². The summed E-state index contributed by atoms with van der Waals surface area (Å²) in [6.45, 7) is 0. The van der Waals surface area contributed by atoms with Gasteiger partial charge in [-0.2, -0.15) is 0 Å². The Morgan fingerprint density at radius 2 is 2.00 bits per heavy atom. The molecule has 2 aliphatic rings. The van der Waals surface area contributed by atoms with Gasteiger partial charge in [-0.05, 0) is 90.8 Å². The van der Waals surface area contributed by atoms with Crippen molar-refractivity contribution in [2.24, 2.45) is 17.8 Å². The minimum atomic E-state index is 0.681. The van der Waals surface area contributed by atoms with E-state index in [-0.39, 0.29) is 0 Å². The maximum Gasteiger partial charge on any atom is 0.0135 e. The molecule has 0 spiro atoms. The molecule has 0 amide bonds. The maximum atomic E-state index is 3.59. The highest BCUT2D eigenvalue weighted by atomic mass is 127. The van der Waals surface area contributed by atoms with E-state index in [1.165, 1.54) is 41.2 Å². The first kappa shape index (κ1) is 12.9. The summed E-state index contributed by atoms with van der Waals surface area (Å²) in [5, 5.41) is 3.59. The van der Waals surface area contributed by atoms with E-state index in [0.717, 1.165) is 17.8 Å². The van der Waals surface area contributed by atoms with Crippen molar-refractivity contribution >= 4 is 22.6 Å². The molecule has 1 aromatic carbocycles. The Hall–Kier alpha value is -0.0900. The number of likely N-dealkylation sites (N-methyl/N-ethyl adjacent to an activating group) is 1. The summed E-state index contributed by atoms with van der Waals surface area (Å²) < 4.78 is 1.33. The second-order valence-corrected chi connectivity index (χ2v) is 7.31. The van der Waals surface area contributed by atoms with Gasteiger partial charge in [0.2, 0.25) is 0 Å². The maximum absolute atomic E-state index is 3.59. The molecule has 2 aliphatic carbocycles. The highest BCUT2D eigenvalue weighted by molar-refractivity contribution is 14.1. The van der Waals surface area contributed by atoms with Gasteiger partial charge in [0.1, 0.15) is 0 Å². The summed E-state index contributed by atoms with van der Waals surface area (Å²) in [7, 11) is 2.14. The van der Waals surface area contributed by atoms with Gasteiger partial charge in [0, 0.05) is 9.61 Å². The van der Waals surface area contributed by atoms with Crippen LogP contribution in [0.1, 0.15) is 31.2 Å². The number of hydrogen-bond donors (Lipinski definition) is 1. The molecule has 2 fully saturated rings. The number of halogens is 1. The minimum Gasteiger partial charge on any atom is -0.316 e. The fourth-order valence-electron chi connectivity index (χ4n) is 4.13. The Morgan fingerprint density at radius 3 is 2.56 bits per heavy atom. The van der Waals surface area contributed by atoms with Crippen LogP contribution < -0.4 is 5.32 Å². The SMILES string of the molecule is CNC(Cc1ccc(I)cc1)C1CC2CCC1C2. The van der Waals surface area contributed by atoms with Gasteiger partial charge in [0.05, 0.1) is 0 Å². The third-order valence-electron chi connectivity index (χ3n) is 5.05.